The minimum Gasteiger partial charge on any atom is -0.494 e. The van der Waals surface area contributed by atoms with Gasteiger partial charge in [0.05, 0.1) is 18.7 Å². The Labute approximate surface area is 134 Å². The van der Waals surface area contributed by atoms with E-state index < -0.39 is 0 Å². The zero-order chi connectivity index (χ0) is 16.7. The number of nitrogens with zero attached hydrogens (tertiary/aromatic N) is 2. The average molecular weight is 316 g/mol. The lowest BCUT2D eigenvalue weighted by Gasteiger charge is -2.06. The monoisotopic (exact) mass is 316 g/mol. The molecule has 0 saturated heterocycles. The van der Waals surface area contributed by atoms with Crippen LogP contribution < -0.4 is 15.6 Å². The molecule has 0 bridgehead atoms. The van der Waals surface area contributed by atoms with E-state index in [2.05, 4.69) is 21.1 Å². The van der Waals surface area contributed by atoms with Crippen LogP contribution in [0, 0.1) is 5.92 Å². The van der Waals surface area contributed by atoms with E-state index in [4.69, 9.17) is 4.74 Å². The third kappa shape index (κ3) is 4.91. The predicted molar refractivity (Wildman–Crippen MR) is 87.3 cm³/mol. The van der Waals surface area contributed by atoms with Crippen LogP contribution in [0.15, 0.2) is 34.5 Å². The second-order valence-corrected chi connectivity index (χ2v) is 5.12. The number of carbonyl (C=O) groups excluding carboxylic acids is 2. The standard InChI is InChI=1S/C16H20N4O3/c1-3-23-13-6-4-12(5-7-13)10-17-19-15(21)9-8-14-11(2)18-20-16(14)22/h4-7,10,14H,3,8-9H2,1-2H3,(H,19,21)(H,20,22)/b17-10-/t14-/m0/s1. The Bertz CT molecular complexity index is 623. The molecule has 2 rings (SSSR count). The van der Waals surface area contributed by atoms with Gasteiger partial charge in [0.2, 0.25) is 11.8 Å². The maximum Gasteiger partial charge on any atom is 0.248 e. The molecule has 0 spiro atoms. The zero-order valence-electron chi connectivity index (χ0n) is 13.2. The van der Waals surface area contributed by atoms with Crippen molar-refractivity contribution in [3.05, 3.63) is 29.8 Å². The van der Waals surface area contributed by atoms with Gasteiger partial charge in [-0.3, -0.25) is 9.59 Å². The molecule has 0 unspecified atom stereocenters. The van der Waals surface area contributed by atoms with Gasteiger partial charge >= 0.3 is 0 Å². The number of carbonyl (C=O) groups is 2. The van der Waals surface area contributed by atoms with Gasteiger partial charge in [0.1, 0.15) is 5.75 Å². The van der Waals surface area contributed by atoms with Gasteiger partial charge in [-0.25, -0.2) is 10.9 Å². The van der Waals surface area contributed by atoms with Crippen LogP contribution in [0.5, 0.6) is 5.75 Å². The Kier molecular flexibility index (Phi) is 5.85. The number of rotatable bonds is 7. The molecule has 1 aromatic rings. The molecule has 0 saturated carbocycles. The van der Waals surface area contributed by atoms with Crippen LogP contribution in [0.4, 0.5) is 0 Å². The van der Waals surface area contributed by atoms with Crippen LogP contribution in [-0.4, -0.2) is 30.3 Å². The van der Waals surface area contributed by atoms with Crippen molar-refractivity contribution in [1.29, 1.82) is 0 Å². The van der Waals surface area contributed by atoms with Crippen molar-refractivity contribution < 1.29 is 14.3 Å². The summed E-state index contributed by atoms with van der Waals surface area (Å²) >= 11 is 0. The highest BCUT2D eigenvalue weighted by Gasteiger charge is 2.26. The van der Waals surface area contributed by atoms with Crippen molar-refractivity contribution in [2.24, 2.45) is 16.1 Å². The van der Waals surface area contributed by atoms with Crippen LogP contribution in [0.25, 0.3) is 0 Å². The quantitative estimate of drug-likeness (QED) is 0.589. The number of amides is 2. The van der Waals surface area contributed by atoms with E-state index in [0.29, 0.717) is 18.7 Å². The van der Waals surface area contributed by atoms with Crippen molar-refractivity contribution >= 4 is 23.7 Å². The minimum absolute atomic E-state index is 0.159. The van der Waals surface area contributed by atoms with E-state index in [1.165, 1.54) is 0 Å². The van der Waals surface area contributed by atoms with Crippen LogP contribution in [0.1, 0.15) is 32.3 Å². The van der Waals surface area contributed by atoms with Crippen molar-refractivity contribution in [3.8, 4) is 5.75 Å². The van der Waals surface area contributed by atoms with Crippen molar-refractivity contribution in [2.75, 3.05) is 6.61 Å². The lowest BCUT2D eigenvalue weighted by Crippen LogP contribution is -2.25. The fourth-order valence-corrected chi connectivity index (χ4v) is 2.16. The highest BCUT2D eigenvalue weighted by Crippen LogP contribution is 2.13. The molecule has 0 fully saturated rings. The lowest BCUT2D eigenvalue weighted by atomic mass is 9.99. The van der Waals surface area contributed by atoms with E-state index in [1.807, 2.05) is 31.2 Å². The van der Waals surface area contributed by atoms with Crippen molar-refractivity contribution in [1.82, 2.24) is 10.9 Å². The Hall–Kier alpha value is -2.70. The first kappa shape index (κ1) is 16.7. The van der Waals surface area contributed by atoms with Gasteiger partial charge in [-0.1, -0.05) is 0 Å². The van der Waals surface area contributed by atoms with E-state index in [0.717, 1.165) is 11.3 Å². The second kappa shape index (κ2) is 8.07. The number of nitrogens with one attached hydrogen (secondary N) is 2. The van der Waals surface area contributed by atoms with Crippen molar-refractivity contribution in [2.45, 2.75) is 26.7 Å². The summed E-state index contributed by atoms with van der Waals surface area (Å²) in [7, 11) is 0. The molecule has 0 aromatic heterocycles. The van der Waals surface area contributed by atoms with Gasteiger partial charge in [-0.2, -0.15) is 10.2 Å². The Balaban J connectivity index is 1.75. The van der Waals surface area contributed by atoms with Crippen LogP contribution in [-0.2, 0) is 9.59 Å². The molecule has 122 valence electrons. The molecule has 0 aliphatic carbocycles. The van der Waals surface area contributed by atoms with E-state index in [1.54, 1.807) is 13.1 Å². The summed E-state index contributed by atoms with van der Waals surface area (Å²) in [6.07, 6.45) is 2.19. The molecule has 7 nitrogen and oxygen atoms in total. The molecule has 0 radical (unpaired) electrons. The third-order valence-corrected chi connectivity index (χ3v) is 3.42. The fraction of sp³-hybridized carbons (Fsp3) is 0.375. The summed E-state index contributed by atoms with van der Waals surface area (Å²) < 4.78 is 5.35. The van der Waals surface area contributed by atoms with Crippen molar-refractivity contribution in [3.63, 3.8) is 0 Å². The van der Waals surface area contributed by atoms with Gasteiger partial charge in [0.25, 0.3) is 0 Å². The van der Waals surface area contributed by atoms with E-state index in [9.17, 15) is 9.59 Å². The zero-order valence-corrected chi connectivity index (χ0v) is 13.2. The number of hydrogen-bond donors (Lipinski definition) is 2. The summed E-state index contributed by atoms with van der Waals surface area (Å²) in [6, 6.07) is 7.38. The minimum atomic E-state index is -0.323. The summed E-state index contributed by atoms with van der Waals surface area (Å²) in [5, 5.41) is 7.75. The molecule has 1 atom stereocenters. The maximum atomic E-state index is 11.7. The second-order valence-electron chi connectivity index (χ2n) is 5.12. The number of benzene rings is 1. The number of ether oxygens (including phenoxy) is 1. The molecule has 1 heterocycles. The maximum absolute atomic E-state index is 11.7. The molecular formula is C16H20N4O3. The van der Waals surface area contributed by atoms with Crippen LogP contribution in [0.3, 0.4) is 0 Å². The Morgan fingerprint density at radius 3 is 2.78 bits per heavy atom. The highest BCUT2D eigenvalue weighted by atomic mass is 16.5. The van der Waals surface area contributed by atoms with Gasteiger partial charge in [-0.15, -0.1) is 0 Å². The number of hydrazone groups is 2. The molecule has 1 aliphatic heterocycles. The van der Waals surface area contributed by atoms with Gasteiger partial charge in [-0.05, 0) is 50.1 Å². The van der Waals surface area contributed by atoms with Crippen LogP contribution in [0.2, 0.25) is 0 Å². The van der Waals surface area contributed by atoms with E-state index >= 15 is 0 Å². The molecule has 2 amide bonds. The normalized spacial score (nSPS) is 17.0. The molecule has 7 heteroatoms. The molecule has 2 N–H and O–H groups in total. The summed E-state index contributed by atoms with van der Waals surface area (Å²) in [6.45, 7) is 4.31. The summed E-state index contributed by atoms with van der Waals surface area (Å²) in [4.78, 5) is 23.2. The first-order valence-corrected chi connectivity index (χ1v) is 7.49. The Morgan fingerprint density at radius 1 is 1.43 bits per heavy atom. The Morgan fingerprint density at radius 2 is 2.17 bits per heavy atom. The van der Waals surface area contributed by atoms with Gasteiger partial charge < -0.3 is 4.74 Å². The first-order valence-electron chi connectivity index (χ1n) is 7.49. The average Bonchev–Trinajstić information content (AvgIpc) is 2.86. The smallest absolute Gasteiger partial charge is 0.248 e. The third-order valence-electron chi connectivity index (χ3n) is 3.42. The van der Waals surface area contributed by atoms with Crippen LogP contribution >= 0.6 is 0 Å². The SMILES string of the molecule is CCOc1ccc(/C=N\NC(=O)CC[C@@H]2C(=O)NN=C2C)cc1. The molecule has 23 heavy (non-hydrogen) atoms. The fourth-order valence-electron chi connectivity index (χ4n) is 2.16. The number of hydrogen-bond acceptors (Lipinski definition) is 5. The molecule has 1 aromatic carbocycles. The van der Waals surface area contributed by atoms with Gasteiger partial charge in [0, 0.05) is 12.1 Å². The highest BCUT2D eigenvalue weighted by molar-refractivity contribution is 6.07. The molecule has 1 aliphatic rings. The predicted octanol–water partition coefficient (Wildman–Crippen LogP) is 1.44. The first-order chi connectivity index (χ1) is 11.1. The largest absolute Gasteiger partial charge is 0.494 e. The van der Waals surface area contributed by atoms with Gasteiger partial charge in [0.15, 0.2) is 0 Å². The lowest BCUT2D eigenvalue weighted by molar-refractivity contribution is -0.123. The summed E-state index contributed by atoms with van der Waals surface area (Å²) in [5.74, 6) is 0.0734. The molecular weight excluding hydrogens is 296 g/mol. The topological polar surface area (TPSA) is 92.1 Å². The summed E-state index contributed by atoms with van der Waals surface area (Å²) in [5.41, 5.74) is 6.41. The van der Waals surface area contributed by atoms with E-state index in [-0.39, 0.29) is 24.2 Å².